The molecule has 40 heavy (non-hydrogen) atoms. The summed E-state index contributed by atoms with van der Waals surface area (Å²) in [5.74, 6) is -1.88. The van der Waals surface area contributed by atoms with Crippen molar-refractivity contribution in [3.63, 3.8) is 0 Å². The van der Waals surface area contributed by atoms with Crippen LogP contribution in [0.2, 0.25) is 0 Å². The van der Waals surface area contributed by atoms with Gasteiger partial charge in [-0.3, -0.25) is 9.59 Å². The summed E-state index contributed by atoms with van der Waals surface area (Å²) in [5, 5.41) is 15.0. The number of piperazine rings is 1. The minimum atomic E-state index is -3.97. The number of carboxylic acid groups (broad SMARTS) is 1. The SMILES string of the molecule is Cc1ccc(S(=O)(=O)N2CCNC(=O)[C@H]2CC(=O)N[C@@H]2CCCc3cc(-c4cccc(C(=O)O)c4)ccc32)cc1. The summed E-state index contributed by atoms with van der Waals surface area (Å²) in [5.41, 5.74) is 4.85. The number of benzene rings is 3. The highest BCUT2D eigenvalue weighted by atomic mass is 32.2. The molecule has 3 N–H and O–H groups in total. The molecule has 1 aliphatic carbocycles. The van der Waals surface area contributed by atoms with Crippen LogP contribution < -0.4 is 10.6 Å². The zero-order valence-electron chi connectivity index (χ0n) is 22.1. The molecule has 1 heterocycles. The quantitative estimate of drug-likeness (QED) is 0.405. The van der Waals surface area contributed by atoms with Crippen molar-refractivity contribution < 1.29 is 27.9 Å². The van der Waals surface area contributed by atoms with Gasteiger partial charge in [-0.25, -0.2) is 13.2 Å². The normalized spacial score (nSPS) is 19.4. The lowest BCUT2D eigenvalue weighted by atomic mass is 9.85. The summed E-state index contributed by atoms with van der Waals surface area (Å²) in [6.45, 7) is 2.12. The Bertz CT molecular complexity index is 1570. The third-order valence-corrected chi connectivity index (χ3v) is 9.45. The summed E-state index contributed by atoms with van der Waals surface area (Å²) < 4.78 is 27.9. The molecule has 9 nitrogen and oxygen atoms in total. The largest absolute Gasteiger partial charge is 0.478 e. The van der Waals surface area contributed by atoms with Gasteiger partial charge in [0, 0.05) is 13.1 Å². The van der Waals surface area contributed by atoms with Gasteiger partial charge in [-0.1, -0.05) is 48.0 Å². The lowest BCUT2D eigenvalue weighted by Crippen LogP contribution is -2.58. The van der Waals surface area contributed by atoms with Gasteiger partial charge >= 0.3 is 5.97 Å². The minimum absolute atomic E-state index is 0.0814. The van der Waals surface area contributed by atoms with E-state index in [1.54, 1.807) is 30.3 Å². The number of nitrogens with one attached hydrogen (secondary N) is 2. The van der Waals surface area contributed by atoms with Gasteiger partial charge in [0.15, 0.2) is 0 Å². The molecule has 1 aliphatic heterocycles. The van der Waals surface area contributed by atoms with Gasteiger partial charge in [-0.2, -0.15) is 4.31 Å². The number of fused-ring (bicyclic) bond motifs is 1. The van der Waals surface area contributed by atoms with Crippen LogP contribution in [0.25, 0.3) is 11.1 Å². The molecule has 5 rings (SSSR count). The molecular formula is C30H31N3O6S. The first-order chi connectivity index (χ1) is 19.1. The van der Waals surface area contributed by atoms with Gasteiger partial charge in [0.1, 0.15) is 6.04 Å². The fraction of sp³-hybridized carbons (Fsp3) is 0.300. The predicted octanol–water partition coefficient (Wildman–Crippen LogP) is 3.43. The monoisotopic (exact) mass is 561 g/mol. The van der Waals surface area contributed by atoms with E-state index in [0.29, 0.717) is 0 Å². The van der Waals surface area contributed by atoms with E-state index in [2.05, 4.69) is 10.6 Å². The van der Waals surface area contributed by atoms with E-state index in [9.17, 15) is 27.9 Å². The van der Waals surface area contributed by atoms with Crippen molar-refractivity contribution in [3.8, 4) is 11.1 Å². The number of rotatable bonds is 7. The molecule has 1 fully saturated rings. The molecule has 2 atom stereocenters. The molecule has 2 amide bonds. The Morgan fingerprint density at radius 3 is 2.55 bits per heavy atom. The molecular weight excluding hydrogens is 530 g/mol. The maximum absolute atomic E-state index is 13.4. The average molecular weight is 562 g/mol. The maximum atomic E-state index is 13.4. The second-order valence-corrected chi connectivity index (χ2v) is 12.1. The van der Waals surface area contributed by atoms with Crippen LogP contribution in [0.3, 0.4) is 0 Å². The number of sulfonamides is 1. The molecule has 1 saturated heterocycles. The highest BCUT2D eigenvalue weighted by Gasteiger charge is 2.40. The molecule has 0 saturated carbocycles. The van der Waals surface area contributed by atoms with Gasteiger partial charge in [0.2, 0.25) is 21.8 Å². The molecule has 0 spiro atoms. The summed E-state index contributed by atoms with van der Waals surface area (Å²) >= 11 is 0. The van der Waals surface area contributed by atoms with Crippen molar-refractivity contribution in [2.75, 3.05) is 13.1 Å². The van der Waals surface area contributed by atoms with Crippen LogP contribution in [0.4, 0.5) is 0 Å². The van der Waals surface area contributed by atoms with Crippen molar-refractivity contribution in [2.45, 2.75) is 49.6 Å². The lowest BCUT2D eigenvalue weighted by molar-refractivity contribution is -0.132. The van der Waals surface area contributed by atoms with Crippen molar-refractivity contribution in [1.29, 1.82) is 0 Å². The summed E-state index contributed by atoms with van der Waals surface area (Å²) in [6.07, 6.45) is 2.09. The Labute approximate surface area is 233 Å². The van der Waals surface area contributed by atoms with Gasteiger partial charge in [-0.05, 0) is 72.7 Å². The van der Waals surface area contributed by atoms with Crippen LogP contribution in [0, 0.1) is 6.92 Å². The number of amides is 2. The third-order valence-electron chi connectivity index (χ3n) is 7.52. The zero-order chi connectivity index (χ0) is 28.4. The lowest BCUT2D eigenvalue weighted by Gasteiger charge is -2.34. The van der Waals surface area contributed by atoms with Crippen LogP contribution in [-0.4, -0.2) is 54.7 Å². The van der Waals surface area contributed by atoms with E-state index in [0.717, 1.165) is 51.4 Å². The second kappa shape index (κ2) is 11.2. The number of hydrogen-bond donors (Lipinski definition) is 3. The number of carboxylic acids is 1. The number of hydrogen-bond acceptors (Lipinski definition) is 5. The summed E-state index contributed by atoms with van der Waals surface area (Å²) in [7, 11) is -3.97. The molecule has 3 aromatic rings. The highest BCUT2D eigenvalue weighted by molar-refractivity contribution is 7.89. The minimum Gasteiger partial charge on any atom is -0.478 e. The van der Waals surface area contributed by atoms with E-state index in [1.807, 2.05) is 31.2 Å². The fourth-order valence-corrected chi connectivity index (χ4v) is 7.01. The molecule has 208 valence electrons. The highest BCUT2D eigenvalue weighted by Crippen LogP contribution is 2.33. The van der Waals surface area contributed by atoms with Crippen LogP contribution in [0.15, 0.2) is 71.6 Å². The second-order valence-electron chi connectivity index (χ2n) is 10.3. The van der Waals surface area contributed by atoms with E-state index in [4.69, 9.17) is 0 Å². The molecule has 0 radical (unpaired) electrons. The van der Waals surface area contributed by atoms with Crippen molar-refractivity contribution in [1.82, 2.24) is 14.9 Å². The van der Waals surface area contributed by atoms with Crippen LogP contribution >= 0.6 is 0 Å². The van der Waals surface area contributed by atoms with Crippen LogP contribution in [0.5, 0.6) is 0 Å². The Morgan fingerprint density at radius 1 is 1.05 bits per heavy atom. The first-order valence-electron chi connectivity index (χ1n) is 13.3. The van der Waals surface area contributed by atoms with Crippen LogP contribution in [0.1, 0.15) is 52.4 Å². The average Bonchev–Trinajstić information content (AvgIpc) is 2.94. The number of nitrogens with zero attached hydrogens (tertiary/aromatic N) is 1. The first kappa shape index (κ1) is 27.5. The predicted molar refractivity (Wildman–Crippen MR) is 149 cm³/mol. The molecule has 0 aromatic heterocycles. The maximum Gasteiger partial charge on any atom is 0.335 e. The third kappa shape index (κ3) is 5.64. The number of aromatic carboxylic acids is 1. The van der Waals surface area contributed by atoms with Gasteiger partial charge in [0.05, 0.1) is 22.9 Å². The molecule has 2 aliphatic rings. The molecule has 3 aromatic carbocycles. The Balaban J connectivity index is 1.33. The van der Waals surface area contributed by atoms with E-state index in [1.165, 1.54) is 12.1 Å². The molecule has 0 bridgehead atoms. The van der Waals surface area contributed by atoms with E-state index < -0.39 is 33.8 Å². The summed E-state index contributed by atoms with van der Waals surface area (Å²) in [6, 6.07) is 17.7. The standard InChI is InChI=1S/C30H31N3O6S/c1-19-8-11-24(12-9-19)40(38,39)33-15-14-31-29(35)27(33)18-28(34)32-26-7-3-5-22-16-21(10-13-25(22)26)20-4-2-6-23(17-20)30(36)37/h2,4,6,8-13,16-17,26-27H,3,5,7,14-15,18H2,1H3,(H,31,35)(H,32,34)(H,36,37)/t26-,27-/m1/s1. The van der Waals surface area contributed by atoms with Crippen molar-refractivity contribution in [2.24, 2.45) is 0 Å². The van der Waals surface area contributed by atoms with E-state index >= 15 is 0 Å². The van der Waals surface area contributed by atoms with Gasteiger partial charge in [0.25, 0.3) is 0 Å². The Morgan fingerprint density at radius 2 is 1.80 bits per heavy atom. The van der Waals surface area contributed by atoms with Gasteiger partial charge < -0.3 is 15.7 Å². The zero-order valence-corrected chi connectivity index (χ0v) is 22.9. The molecule has 0 unspecified atom stereocenters. The Hall–Kier alpha value is -4.02. The molecule has 10 heteroatoms. The number of carbonyl (C=O) groups excluding carboxylic acids is 2. The summed E-state index contributed by atoms with van der Waals surface area (Å²) in [4.78, 5) is 37.4. The van der Waals surface area contributed by atoms with Crippen molar-refractivity contribution >= 4 is 27.8 Å². The topological polar surface area (TPSA) is 133 Å². The fourth-order valence-electron chi connectivity index (χ4n) is 5.43. The number of aryl methyl sites for hydroxylation is 2. The Kier molecular flexibility index (Phi) is 7.73. The van der Waals surface area contributed by atoms with Crippen molar-refractivity contribution in [3.05, 3.63) is 89.0 Å². The number of carbonyl (C=O) groups is 3. The van der Waals surface area contributed by atoms with Crippen LogP contribution in [-0.2, 0) is 26.0 Å². The van der Waals surface area contributed by atoms with Gasteiger partial charge in [-0.15, -0.1) is 0 Å². The first-order valence-corrected chi connectivity index (χ1v) is 14.7. The smallest absolute Gasteiger partial charge is 0.335 e. The van der Waals surface area contributed by atoms with E-state index in [-0.39, 0.29) is 36.0 Å².